The van der Waals surface area contributed by atoms with Gasteiger partial charge < -0.3 is 0 Å². The lowest BCUT2D eigenvalue weighted by molar-refractivity contribution is 0.356. The molecule has 0 saturated heterocycles. The lowest BCUT2D eigenvalue weighted by Gasteiger charge is -2.17. The first-order valence-electron chi connectivity index (χ1n) is 6.12. The van der Waals surface area contributed by atoms with E-state index in [1.165, 1.54) is 38.5 Å². The third-order valence-electron chi connectivity index (χ3n) is 2.56. The number of alkyl halides is 1. The zero-order chi connectivity index (χ0) is 10.9. The van der Waals surface area contributed by atoms with Crippen molar-refractivity contribution < 1.29 is 4.39 Å². The summed E-state index contributed by atoms with van der Waals surface area (Å²) in [6, 6.07) is 0. The van der Waals surface area contributed by atoms with Crippen molar-refractivity contribution >= 4 is 0 Å². The second kappa shape index (κ2) is 8.26. The highest BCUT2D eigenvalue weighted by Crippen LogP contribution is 2.22. The average molecular weight is 202 g/mol. The van der Waals surface area contributed by atoms with E-state index >= 15 is 0 Å². The molecule has 1 heteroatoms. The quantitative estimate of drug-likeness (QED) is 0.479. The summed E-state index contributed by atoms with van der Waals surface area (Å²) in [6.07, 6.45) is 9.74. The Balaban J connectivity index is 2.99. The number of hydrogen-bond donors (Lipinski definition) is 0. The van der Waals surface area contributed by atoms with Crippen LogP contribution in [-0.2, 0) is 0 Å². The Morgan fingerprint density at radius 2 is 1.14 bits per heavy atom. The summed E-state index contributed by atoms with van der Waals surface area (Å²) in [6.45, 7) is 6.76. The summed E-state index contributed by atoms with van der Waals surface area (Å²) in [4.78, 5) is 0. The largest absolute Gasteiger partial charge is 0.251 e. The van der Waals surface area contributed by atoms with Gasteiger partial charge in [0.15, 0.2) is 0 Å². The van der Waals surface area contributed by atoms with E-state index in [4.69, 9.17) is 0 Å². The van der Waals surface area contributed by atoms with Crippen molar-refractivity contribution in [3.05, 3.63) is 0 Å². The molecule has 0 radical (unpaired) electrons. The van der Waals surface area contributed by atoms with Crippen LogP contribution in [0.5, 0.6) is 0 Å². The van der Waals surface area contributed by atoms with Gasteiger partial charge in [0.25, 0.3) is 0 Å². The molecule has 0 N–H and O–H groups in total. The Morgan fingerprint density at radius 1 is 0.714 bits per heavy atom. The first kappa shape index (κ1) is 13.9. The summed E-state index contributed by atoms with van der Waals surface area (Å²) in [5, 5.41) is 0. The Morgan fingerprint density at radius 3 is 1.57 bits per heavy atom. The Labute approximate surface area is 89.3 Å². The maximum absolute atomic E-state index is 11.8. The number of hydrogen-bond acceptors (Lipinski definition) is 0. The molecule has 0 aliphatic rings. The molecular formula is C13H27F. The van der Waals surface area contributed by atoms with Crippen LogP contribution in [-0.4, -0.2) is 6.67 Å². The van der Waals surface area contributed by atoms with Gasteiger partial charge in [0.05, 0.1) is 6.67 Å². The molecule has 0 aliphatic carbocycles. The van der Waals surface area contributed by atoms with Crippen LogP contribution in [0.1, 0.15) is 72.1 Å². The Hall–Kier alpha value is -0.0700. The third-order valence-corrected chi connectivity index (χ3v) is 2.56. The van der Waals surface area contributed by atoms with Crippen LogP contribution >= 0.6 is 0 Å². The van der Waals surface area contributed by atoms with E-state index < -0.39 is 0 Å². The first-order chi connectivity index (χ1) is 6.56. The van der Waals surface area contributed by atoms with Crippen molar-refractivity contribution in [2.75, 3.05) is 6.67 Å². The molecule has 0 rings (SSSR count). The van der Waals surface area contributed by atoms with Gasteiger partial charge >= 0.3 is 0 Å². The molecule has 86 valence electrons. The molecule has 0 spiro atoms. The summed E-state index contributed by atoms with van der Waals surface area (Å²) >= 11 is 0. The van der Waals surface area contributed by atoms with Crippen molar-refractivity contribution in [3.8, 4) is 0 Å². The average Bonchev–Trinajstić information content (AvgIpc) is 2.08. The minimum atomic E-state index is -0.135. The minimum absolute atomic E-state index is 0.135. The van der Waals surface area contributed by atoms with Crippen LogP contribution < -0.4 is 0 Å². The van der Waals surface area contributed by atoms with E-state index in [9.17, 15) is 4.39 Å². The normalized spacial score (nSPS) is 12.0. The second-order valence-electron chi connectivity index (χ2n) is 5.47. The van der Waals surface area contributed by atoms with Crippen molar-refractivity contribution in [2.24, 2.45) is 5.41 Å². The van der Waals surface area contributed by atoms with Gasteiger partial charge in [0, 0.05) is 0 Å². The predicted molar refractivity (Wildman–Crippen MR) is 62.4 cm³/mol. The molecule has 0 bridgehead atoms. The maximum Gasteiger partial charge on any atom is 0.0894 e. The van der Waals surface area contributed by atoms with Gasteiger partial charge in [0.1, 0.15) is 0 Å². The summed E-state index contributed by atoms with van der Waals surface area (Å²) in [5.41, 5.74) is 0.494. The molecule has 0 aromatic carbocycles. The third kappa shape index (κ3) is 11.9. The molecule has 0 saturated carbocycles. The standard InChI is InChI=1S/C13H27F/c1-13(2,3)11-9-7-5-4-6-8-10-12-14/h4-12H2,1-3H3. The summed E-state index contributed by atoms with van der Waals surface area (Å²) in [5.74, 6) is 0. The van der Waals surface area contributed by atoms with Crippen molar-refractivity contribution in [3.63, 3.8) is 0 Å². The van der Waals surface area contributed by atoms with Gasteiger partial charge in [-0.2, -0.15) is 0 Å². The minimum Gasteiger partial charge on any atom is -0.251 e. The molecule has 0 unspecified atom stereocenters. The van der Waals surface area contributed by atoms with Gasteiger partial charge in [0.2, 0.25) is 0 Å². The molecule has 14 heavy (non-hydrogen) atoms. The van der Waals surface area contributed by atoms with Crippen LogP contribution in [0.4, 0.5) is 4.39 Å². The highest BCUT2D eigenvalue weighted by Gasteiger charge is 2.08. The first-order valence-corrected chi connectivity index (χ1v) is 6.12. The fraction of sp³-hybridized carbons (Fsp3) is 1.00. The highest BCUT2D eigenvalue weighted by molar-refractivity contribution is 4.60. The van der Waals surface area contributed by atoms with Crippen molar-refractivity contribution in [1.29, 1.82) is 0 Å². The van der Waals surface area contributed by atoms with E-state index in [1.54, 1.807) is 0 Å². The van der Waals surface area contributed by atoms with Crippen LogP contribution in [0.15, 0.2) is 0 Å². The van der Waals surface area contributed by atoms with Crippen molar-refractivity contribution in [2.45, 2.75) is 72.1 Å². The molecule has 0 aliphatic heterocycles. The van der Waals surface area contributed by atoms with E-state index in [2.05, 4.69) is 20.8 Å². The molecule has 0 amide bonds. The summed E-state index contributed by atoms with van der Waals surface area (Å²) < 4.78 is 11.8. The molecule has 0 aromatic heterocycles. The van der Waals surface area contributed by atoms with E-state index in [-0.39, 0.29) is 6.67 Å². The van der Waals surface area contributed by atoms with Crippen LogP contribution in [0.3, 0.4) is 0 Å². The SMILES string of the molecule is CC(C)(C)CCCCCCCCCF. The summed E-state index contributed by atoms with van der Waals surface area (Å²) in [7, 11) is 0. The topological polar surface area (TPSA) is 0 Å². The van der Waals surface area contributed by atoms with Gasteiger partial charge in [-0.05, 0) is 18.3 Å². The lowest BCUT2D eigenvalue weighted by Crippen LogP contribution is -2.03. The molecule has 0 atom stereocenters. The smallest absolute Gasteiger partial charge is 0.0894 e. The maximum atomic E-state index is 11.8. The number of rotatable bonds is 8. The monoisotopic (exact) mass is 202 g/mol. The van der Waals surface area contributed by atoms with Gasteiger partial charge in [-0.25, -0.2) is 0 Å². The van der Waals surface area contributed by atoms with E-state index in [1.807, 2.05) is 0 Å². The number of halogens is 1. The van der Waals surface area contributed by atoms with Gasteiger partial charge in [-0.1, -0.05) is 59.3 Å². The Kier molecular flexibility index (Phi) is 8.21. The second-order valence-corrected chi connectivity index (χ2v) is 5.47. The highest BCUT2D eigenvalue weighted by atomic mass is 19.1. The zero-order valence-corrected chi connectivity index (χ0v) is 10.2. The molecule has 0 aromatic rings. The van der Waals surface area contributed by atoms with Crippen LogP contribution in [0.25, 0.3) is 0 Å². The number of unbranched alkanes of at least 4 members (excludes halogenated alkanes) is 6. The van der Waals surface area contributed by atoms with Gasteiger partial charge in [-0.3, -0.25) is 4.39 Å². The van der Waals surface area contributed by atoms with Crippen LogP contribution in [0.2, 0.25) is 0 Å². The predicted octanol–water partition coefficient (Wildman–Crippen LogP) is 5.12. The lowest BCUT2D eigenvalue weighted by atomic mass is 9.89. The Bertz CT molecular complexity index is 113. The fourth-order valence-electron chi connectivity index (χ4n) is 1.63. The molecule has 0 heterocycles. The fourth-order valence-corrected chi connectivity index (χ4v) is 1.63. The molecular weight excluding hydrogens is 175 g/mol. The zero-order valence-electron chi connectivity index (χ0n) is 10.2. The van der Waals surface area contributed by atoms with E-state index in [0.29, 0.717) is 5.41 Å². The van der Waals surface area contributed by atoms with Crippen LogP contribution in [0, 0.1) is 5.41 Å². The molecule has 0 nitrogen and oxygen atoms in total. The van der Waals surface area contributed by atoms with E-state index in [0.717, 1.165) is 12.8 Å². The van der Waals surface area contributed by atoms with Gasteiger partial charge in [-0.15, -0.1) is 0 Å². The molecule has 0 fully saturated rings. The van der Waals surface area contributed by atoms with Crippen molar-refractivity contribution in [1.82, 2.24) is 0 Å².